The summed E-state index contributed by atoms with van der Waals surface area (Å²) < 4.78 is 0. The van der Waals surface area contributed by atoms with Crippen LogP contribution in [0.5, 0.6) is 0 Å². The number of nitrogens with zero attached hydrogens (tertiary/aromatic N) is 2. The maximum Gasteiger partial charge on any atom is 0.319 e. The van der Waals surface area contributed by atoms with Crippen LogP contribution in [0.3, 0.4) is 0 Å². The molecule has 0 saturated carbocycles. The van der Waals surface area contributed by atoms with Crippen LogP contribution >= 0.6 is 0 Å². The van der Waals surface area contributed by atoms with Crippen LogP contribution in [0.2, 0.25) is 0 Å². The summed E-state index contributed by atoms with van der Waals surface area (Å²) in [5.74, 6) is 0. The topological polar surface area (TPSA) is 47.6 Å². The zero-order valence-corrected chi connectivity index (χ0v) is 16.7. The third-order valence-electron chi connectivity index (χ3n) is 5.11. The lowest BCUT2D eigenvalue weighted by Gasteiger charge is -2.38. The molecule has 2 amide bonds. The molecule has 0 atom stereocenters. The number of benzene rings is 2. The summed E-state index contributed by atoms with van der Waals surface area (Å²) in [7, 11) is 0. The second-order valence-electron chi connectivity index (χ2n) is 7.49. The number of carbonyl (C=O) groups excluding carboxylic acids is 1. The maximum atomic E-state index is 11.8. The van der Waals surface area contributed by atoms with E-state index in [1.165, 1.54) is 22.5 Å². The quantitative estimate of drug-likeness (QED) is 0.854. The van der Waals surface area contributed by atoms with Gasteiger partial charge in [0.15, 0.2) is 0 Å². The third-order valence-corrected chi connectivity index (χ3v) is 5.11. The Morgan fingerprint density at radius 1 is 0.926 bits per heavy atom. The number of aryl methyl sites for hydroxylation is 1. The van der Waals surface area contributed by atoms with Crippen LogP contribution < -0.4 is 20.4 Å². The molecule has 0 unspecified atom stereocenters. The zero-order chi connectivity index (χ0) is 19.4. The molecule has 27 heavy (non-hydrogen) atoms. The third kappa shape index (κ3) is 4.73. The number of rotatable bonds is 4. The molecular formula is C22H30N4O. The summed E-state index contributed by atoms with van der Waals surface area (Å²) in [5, 5.41) is 5.70. The van der Waals surface area contributed by atoms with Gasteiger partial charge in [0.1, 0.15) is 0 Å². The molecule has 0 radical (unpaired) electrons. The average molecular weight is 367 g/mol. The molecule has 3 rings (SSSR count). The van der Waals surface area contributed by atoms with Gasteiger partial charge < -0.3 is 20.4 Å². The number of hydrogen-bond donors (Lipinski definition) is 2. The van der Waals surface area contributed by atoms with Crippen LogP contribution in [0.15, 0.2) is 42.5 Å². The van der Waals surface area contributed by atoms with E-state index in [9.17, 15) is 4.79 Å². The van der Waals surface area contributed by atoms with E-state index in [-0.39, 0.29) is 12.1 Å². The molecule has 0 aliphatic carbocycles. The summed E-state index contributed by atoms with van der Waals surface area (Å²) in [6.07, 6.45) is 0. The van der Waals surface area contributed by atoms with E-state index in [1.807, 2.05) is 26.0 Å². The molecule has 0 bridgehead atoms. The predicted molar refractivity (Wildman–Crippen MR) is 114 cm³/mol. The minimum Gasteiger partial charge on any atom is -0.368 e. The van der Waals surface area contributed by atoms with E-state index in [0.29, 0.717) is 0 Å². The van der Waals surface area contributed by atoms with E-state index >= 15 is 0 Å². The van der Waals surface area contributed by atoms with Gasteiger partial charge in [-0.3, -0.25) is 0 Å². The standard InChI is InChI=1S/C22H30N4O/c1-16(2)23-22(27)24-19-8-10-20(11-9-19)25-12-14-26(15-13-25)21-7-5-6-17(3)18(21)4/h5-11,16H,12-15H2,1-4H3,(H2,23,24,27). The van der Waals surface area contributed by atoms with Crippen molar-refractivity contribution in [2.45, 2.75) is 33.7 Å². The van der Waals surface area contributed by atoms with Crippen molar-refractivity contribution in [3.8, 4) is 0 Å². The molecular weight excluding hydrogens is 336 g/mol. The molecule has 144 valence electrons. The van der Waals surface area contributed by atoms with E-state index in [1.54, 1.807) is 0 Å². The van der Waals surface area contributed by atoms with Gasteiger partial charge in [0.25, 0.3) is 0 Å². The fraction of sp³-hybridized carbons (Fsp3) is 0.409. The Balaban J connectivity index is 1.58. The van der Waals surface area contributed by atoms with E-state index in [0.717, 1.165) is 31.9 Å². The molecule has 2 aromatic carbocycles. The molecule has 5 nitrogen and oxygen atoms in total. The molecule has 1 fully saturated rings. The molecule has 2 N–H and O–H groups in total. The van der Waals surface area contributed by atoms with E-state index in [2.05, 4.69) is 64.6 Å². The molecule has 1 aliphatic rings. The van der Waals surface area contributed by atoms with Crippen molar-refractivity contribution in [2.75, 3.05) is 41.3 Å². The van der Waals surface area contributed by atoms with Crippen molar-refractivity contribution in [1.29, 1.82) is 0 Å². The highest BCUT2D eigenvalue weighted by atomic mass is 16.2. The smallest absolute Gasteiger partial charge is 0.319 e. The maximum absolute atomic E-state index is 11.8. The van der Waals surface area contributed by atoms with Crippen molar-refractivity contribution >= 4 is 23.1 Å². The zero-order valence-electron chi connectivity index (χ0n) is 16.7. The van der Waals surface area contributed by atoms with E-state index < -0.39 is 0 Å². The van der Waals surface area contributed by atoms with E-state index in [4.69, 9.17) is 0 Å². The highest BCUT2D eigenvalue weighted by Crippen LogP contribution is 2.26. The Morgan fingerprint density at radius 2 is 1.56 bits per heavy atom. The number of nitrogens with one attached hydrogen (secondary N) is 2. The first-order valence-corrected chi connectivity index (χ1v) is 9.68. The highest BCUT2D eigenvalue weighted by molar-refractivity contribution is 5.89. The SMILES string of the molecule is Cc1cccc(N2CCN(c3ccc(NC(=O)NC(C)C)cc3)CC2)c1C. The van der Waals surface area contributed by atoms with Crippen LogP contribution in [-0.4, -0.2) is 38.3 Å². The van der Waals surface area contributed by atoms with Crippen LogP contribution in [0.25, 0.3) is 0 Å². The minimum atomic E-state index is -0.167. The summed E-state index contributed by atoms with van der Waals surface area (Å²) in [4.78, 5) is 16.7. The number of anilines is 3. The Hall–Kier alpha value is -2.69. The Kier molecular flexibility index (Phi) is 5.89. The first-order valence-electron chi connectivity index (χ1n) is 9.68. The van der Waals surface area contributed by atoms with Gasteiger partial charge >= 0.3 is 6.03 Å². The van der Waals surface area contributed by atoms with Gasteiger partial charge in [-0.25, -0.2) is 4.79 Å². The molecule has 1 aliphatic heterocycles. The molecule has 0 aromatic heterocycles. The molecule has 1 heterocycles. The van der Waals surface area contributed by atoms with Gasteiger partial charge in [0.05, 0.1) is 0 Å². The van der Waals surface area contributed by atoms with Crippen molar-refractivity contribution < 1.29 is 4.79 Å². The number of piperazine rings is 1. The summed E-state index contributed by atoms with van der Waals surface area (Å²) in [6, 6.07) is 14.6. The van der Waals surface area contributed by atoms with Gasteiger partial charge in [-0.1, -0.05) is 12.1 Å². The number of carbonyl (C=O) groups is 1. The number of hydrogen-bond acceptors (Lipinski definition) is 3. The molecule has 1 saturated heterocycles. The number of urea groups is 1. The fourth-order valence-corrected chi connectivity index (χ4v) is 3.47. The minimum absolute atomic E-state index is 0.123. The van der Waals surface area contributed by atoms with Crippen LogP contribution in [0.4, 0.5) is 21.9 Å². The summed E-state index contributed by atoms with van der Waals surface area (Å²) in [6.45, 7) is 12.3. The van der Waals surface area contributed by atoms with Crippen LogP contribution in [-0.2, 0) is 0 Å². The lowest BCUT2D eigenvalue weighted by Crippen LogP contribution is -2.46. The monoisotopic (exact) mass is 366 g/mol. The highest BCUT2D eigenvalue weighted by Gasteiger charge is 2.19. The Morgan fingerprint density at radius 3 is 2.19 bits per heavy atom. The largest absolute Gasteiger partial charge is 0.368 e. The second kappa shape index (κ2) is 8.33. The number of amides is 2. The first-order chi connectivity index (χ1) is 12.9. The predicted octanol–water partition coefficient (Wildman–Crippen LogP) is 4.16. The molecule has 0 spiro atoms. The van der Waals surface area contributed by atoms with Gasteiger partial charge in [0.2, 0.25) is 0 Å². The van der Waals surface area contributed by atoms with Gasteiger partial charge in [-0.15, -0.1) is 0 Å². The molecule has 5 heteroatoms. The first kappa shape index (κ1) is 19.1. The van der Waals surface area contributed by atoms with Gasteiger partial charge in [0, 0.05) is 49.3 Å². The Bertz CT molecular complexity index is 777. The van der Waals surface area contributed by atoms with Gasteiger partial charge in [-0.2, -0.15) is 0 Å². The normalized spacial score (nSPS) is 14.4. The average Bonchev–Trinajstić information content (AvgIpc) is 2.64. The van der Waals surface area contributed by atoms with Crippen molar-refractivity contribution in [2.24, 2.45) is 0 Å². The van der Waals surface area contributed by atoms with Crippen LogP contribution in [0.1, 0.15) is 25.0 Å². The molecule has 2 aromatic rings. The van der Waals surface area contributed by atoms with Gasteiger partial charge in [-0.05, 0) is 69.2 Å². The summed E-state index contributed by atoms with van der Waals surface area (Å²) in [5.41, 5.74) is 6.09. The van der Waals surface area contributed by atoms with Crippen molar-refractivity contribution in [3.63, 3.8) is 0 Å². The Labute approximate surface area is 162 Å². The second-order valence-corrected chi connectivity index (χ2v) is 7.49. The summed E-state index contributed by atoms with van der Waals surface area (Å²) >= 11 is 0. The van der Waals surface area contributed by atoms with Crippen LogP contribution in [0, 0.1) is 13.8 Å². The lowest BCUT2D eigenvalue weighted by molar-refractivity contribution is 0.250. The van der Waals surface area contributed by atoms with Crippen molar-refractivity contribution in [1.82, 2.24) is 5.32 Å². The lowest BCUT2D eigenvalue weighted by atomic mass is 10.1. The van der Waals surface area contributed by atoms with Crippen molar-refractivity contribution in [3.05, 3.63) is 53.6 Å². The fourth-order valence-electron chi connectivity index (χ4n) is 3.47.